The fraction of sp³-hybridized carbons (Fsp3) is 0.235. The van der Waals surface area contributed by atoms with Crippen LogP contribution in [0.4, 0.5) is 4.39 Å². The molecule has 0 bridgehead atoms. The molecule has 0 atom stereocenters. The molecule has 1 aromatic heterocycles. The standard InChI is InChI=1S/C17H16FN3O2S/c18-12-5-9-14(10-6-12)24(22,23)19-11-17-20-15-3-1-2-4-16(15)21(17)13-7-8-13/h1-6,9-10,13,19H,7-8,11H2. The van der Waals surface area contributed by atoms with E-state index in [9.17, 15) is 12.8 Å². The van der Waals surface area contributed by atoms with Crippen molar-refractivity contribution in [1.29, 1.82) is 0 Å². The topological polar surface area (TPSA) is 64.0 Å². The van der Waals surface area contributed by atoms with E-state index in [-0.39, 0.29) is 11.4 Å². The average molecular weight is 345 g/mol. The summed E-state index contributed by atoms with van der Waals surface area (Å²) in [5.41, 5.74) is 1.89. The van der Waals surface area contributed by atoms with Crippen LogP contribution in [-0.4, -0.2) is 18.0 Å². The van der Waals surface area contributed by atoms with Gasteiger partial charge in [0.05, 0.1) is 22.5 Å². The minimum absolute atomic E-state index is 0.0398. The van der Waals surface area contributed by atoms with Crippen LogP contribution in [-0.2, 0) is 16.6 Å². The smallest absolute Gasteiger partial charge is 0.240 e. The van der Waals surface area contributed by atoms with Crippen LogP contribution in [0.5, 0.6) is 0 Å². The summed E-state index contributed by atoms with van der Waals surface area (Å²) in [7, 11) is -3.70. The van der Waals surface area contributed by atoms with Crippen LogP contribution in [0.15, 0.2) is 53.4 Å². The Labute approximate surface area is 139 Å². The van der Waals surface area contributed by atoms with E-state index < -0.39 is 15.8 Å². The Balaban J connectivity index is 1.63. The first-order valence-corrected chi connectivity index (χ1v) is 9.24. The lowest BCUT2D eigenvalue weighted by Gasteiger charge is -2.09. The van der Waals surface area contributed by atoms with Crippen LogP contribution in [0.1, 0.15) is 24.7 Å². The van der Waals surface area contributed by atoms with Gasteiger partial charge < -0.3 is 4.57 Å². The van der Waals surface area contributed by atoms with Crippen LogP contribution >= 0.6 is 0 Å². The molecular weight excluding hydrogens is 329 g/mol. The van der Waals surface area contributed by atoms with Gasteiger partial charge in [-0.1, -0.05) is 12.1 Å². The molecule has 124 valence electrons. The minimum Gasteiger partial charge on any atom is -0.324 e. The Hall–Kier alpha value is -2.25. The summed E-state index contributed by atoms with van der Waals surface area (Å²) < 4.78 is 42.4. The third kappa shape index (κ3) is 2.81. The lowest BCUT2D eigenvalue weighted by Crippen LogP contribution is -2.25. The minimum atomic E-state index is -3.70. The predicted molar refractivity (Wildman–Crippen MR) is 88.4 cm³/mol. The summed E-state index contributed by atoms with van der Waals surface area (Å²) in [6.45, 7) is 0.102. The van der Waals surface area contributed by atoms with Gasteiger partial charge in [0, 0.05) is 6.04 Å². The molecule has 0 saturated heterocycles. The summed E-state index contributed by atoms with van der Waals surface area (Å²) in [4.78, 5) is 4.60. The van der Waals surface area contributed by atoms with E-state index in [4.69, 9.17) is 0 Å². The van der Waals surface area contributed by atoms with E-state index in [2.05, 4.69) is 14.3 Å². The van der Waals surface area contributed by atoms with E-state index in [1.165, 1.54) is 12.1 Å². The molecule has 3 aromatic rings. The number of hydrogen-bond acceptors (Lipinski definition) is 3. The highest BCUT2D eigenvalue weighted by Gasteiger charge is 2.28. The van der Waals surface area contributed by atoms with Crippen molar-refractivity contribution in [1.82, 2.24) is 14.3 Å². The maximum Gasteiger partial charge on any atom is 0.240 e. The Morgan fingerprint density at radius 1 is 1.12 bits per heavy atom. The second kappa shape index (κ2) is 5.68. The number of imidazole rings is 1. The van der Waals surface area contributed by atoms with Gasteiger partial charge in [-0.25, -0.2) is 22.5 Å². The summed E-state index contributed by atoms with van der Waals surface area (Å²) in [6, 6.07) is 13.0. The Morgan fingerprint density at radius 3 is 2.54 bits per heavy atom. The average Bonchev–Trinajstić information content (AvgIpc) is 3.34. The van der Waals surface area contributed by atoms with Crippen molar-refractivity contribution in [2.75, 3.05) is 0 Å². The van der Waals surface area contributed by atoms with E-state index in [0.717, 1.165) is 36.0 Å². The van der Waals surface area contributed by atoms with Crippen molar-refractivity contribution < 1.29 is 12.8 Å². The Kier molecular flexibility index (Phi) is 3.62. The maximum atomic E-state index is 13.0. The Bertz CT molecular complexity index is 992. The van der Waals surface area contributed by atoms with Crippen molar-refractivity contribution in [2.24, 2.45) is 0 Å². The van der Waals surface area contributed by atoms with Crippen molar-refractivity contribution in [3.8, 4) is 0 Å². The van der Waals surface area contributed by atoms with Gasteiger partial charge >= 0.3 is 0 Å². The summed E-state index contributed by atoms with van der Waals surface area (Å²) in [6.07, 6.45) is 2.16. The van der Waals surface area contributed by atoms with Crippen LogP contribution in [0.25, 0.3) is 11.0 Å². The van der Waals surface area contributed by atoms with Crippen molar-refractivity contribution in [3.05, 3.63) is 60.2 Å². The molecule has 0 unspecified atom stereocenters. The molecule has 24 heavy (non-hydrogen) atoms. The number of fused-ring (bicyclic) bond motifs is 1. The highest BCUT2D eigenvalue weighted by atomic mass is 32.2. The summed E-state index contributed by atoms with van der Waals surface area (Å²) in [5.74, 6) is 0.230. The lowest BCUT2D eigenvalue weighted by atomic mass is 10.3. The van der Waals surface area contributed by atoms with E-state index in [0.29, 0.717) is 11.9 Å². The molecule has 1 aliphatic carbocycles. The highest BCUT2D eigenvalue weighted by Crippen LogP contribution is 2.38. The van der Waals surface area contributed by atoms with Gasteiger partial charge in [0.1, 0.15) is 11.6 Å². The molecule has 1 aliphatic rings. The molecule has 5 nitrogen and oxygen atoms in total. The number of nitrogens with zero attached hydrogens (tertiary/aromatic N) is 2. The van der Waals surface area contributed by atoms with Crippen molar-refractivity contribution in [2.45, 2.75) is 30.3 Å². The molecule has 7 heteroatoms. The van der Waals surface area contributed by atoms with Crippen molar-refractivity contribution >= 4 is 21.1 Å². The molecule has 0 amide bonds. The maximum absolute atomic E-state index is 13.0. The lowest BCUT2D eigenvalue weighted by molar-refractivity contribution is 0.574. The molecule has 1 fully saturated rings. The van der Waals surface area contributed by atoms with Gasteiger partial charge in [-0.2, -0.15) is 0 Å². The summed E-state index contributed by atoms with van der Waals surface area (Å²) in [5, 5.41) is 0. The first-order valence-electron chi connectivity index (χ1n) is 7.76. The zero-order valence-corrected chi connectivity index (χ0v) is 13.6. The normalized spacial score (nSPS) is 15.0. The van der Waals surface area contributed by atoms with Crippen LogP contribution in [0.2, 0.25) is 0 Å². The number of hydrogen-bond donors (Lipinski definition) is 1. The summed E-state index contributed by atoms with van der Waals surface area (Å²) >= 11 is 0. The quantitative estimate of drug-likeness (QED) is 0.773. The molecule has 0 aliphatic heterocycles. The number of sulfonamides is 1. The number of benzene rings is 2. The molecule has 1 N–H and O–H groups in total. The number of rotatable bonds is 5. The number of halogens is 1. The highest BCUT2D eigenvalue weighted by molar-refractivity contribution is 7.89. The van der Waals surface area contributed by atoms with E-state index in [1.807, 2.05) is 24.3 Å². The first-order chi connectivity index (χ1) is 11.5. The van der Waals surface area contributed by atoms with Crippen molar-refractivity contribution in [3.63, 3.8) is 0 Å². The molecule has 4 rings (SSSR count). The second-order valence-electron chi connectivity index (χ2n) is 5.90. The van der Waals surface area contributed by atoms with Gasteiger partial charge in [0.2, 0.25) is 10.0 Å². The zero-order valence-electron chi connectivity index (χ0n) is 12.8. The predicted octanol–water partition coefficient (Wildman–Crippen LogP) is 2.99. The van der Waals surface area contributed by atoms with Crippen LogP contribution in [0, 0.1) is 5.82 Å². The number of nitrogens with one attached hydrogen (secondary N) is 1. The molecule has 0 spiro atoms. The largest absolute Gasteiger partial charge is 0.324 e. The molecule has 1 saturated carbocycles. The first kappa shape index (κ1) is 15.3. The van der Waals surface area contributed by atoms with Gasteiger partial charge in [-0.05, 0) is 49.2 Å². The molecular formula is C17H16FN3O2S. The van der Waals surface area contributed by atoms with Gasteiger partial charge in [-0.15, -0.1) is 0 Å². The molecule has 1 heterocycles. The third-order valence-corrected chi connectivity index (χ3v) is 5.54. The molecule has 0 radical (unpaired) electrons. The number of para-hydroxylation sites is 2. The van der Waals surface area contributed by atoms with E-state index in [1.54, 1.807) is 0 Å². The third-order valence-electron chi connectivity index (χ3n) is 4.13. The number of aromatic nitrogens is 2. The van der Waals surface area contributed by atoms with Crippen LogP contribution < -0.4 is 4.72 Å². The SMILES string of the molecule is O=S(=O)(NCc1nc2ccccc2n1C1CC1)c1ccc(F)cc1. The fourth-order valence-corrected chi connectivity index (χ4v) is 3.80. The monoisotopic (exact) mass is 345 g/mol. The fourth-order valence-electron chi connectivity index (χ4n) is 2.82. The molecule has 2 aromatic carbocycles. The van der Waals surface area contributed by atoms with Gasteiger partial charge in [0.15, 0.2) is 0 Å². The second-order valence-corrected chi connectivity index (χ2v) is 7.66. The zero-order chi connectivity index (χ0) is 16.7. The van der Waals surface area contributed by atoms with E-state index >= 15 is 0 Å². The van der Waals surface area contributed by atoms with Gasteiger partial charge in [0.25, 0.3) is 0 Å². The Morgan fingerprint density at radius 2 is 1.83 bits per heavy atom. The van der Waals surface area contributed by atoms with Gasteiger partial charge in [-0.3, -0.25) is 0 Å². The van der Waals surface area contributed by atoms with Crippen LogP contribution in [0.3, 0.4) is 0 Å².